The van der Waals surface area contributed by atoms with Gasteiger partial charge in [0.25, 0.3) is 0 Å². The van der Waals surface area contributed by atoms with Gasteiger partial charge in [0.15, 0.2) is 0 Å². The van der Waals surface area contributed by atoms with E-state index in [0.717, 1.165) is 5.75 Å². The quantitative estimate of drug-likeness (QED) is 0.468. The molecule has 0 bridgehead atoms. The maximum Gasteiger partial charge on any atom is 0.227 e. The van der Waals surface area contributed by atoms with E-state index in [1.165, 1.54) is 11.0 Å². The number of carbonyl (C=O) groups is 1. The molecule has 3 rings (SSSR count). The summed E-state index contributed by atoms with van der Waals surface area (Å²) in [6.07, 6.45) is 0.610. The number of hydrogen-bond acceptors (Lipinski definition) is 5. The smallest absolute Gasteiger partial charge is 0.227 e. The van der Waals surface area contributed by atoms with Crippen LogP contribution < -0.4 is 5.32 Å². The third-order valence-electron chi connectivity index (χ3n) is 3.90. The number of benzene rings is 2. The molecule has 0 fully saturated rings. The van der Waals surface area contributed by atoms with Gasteiger partial charge in [0.2, 0.25) is 17.6 Å². The highest BCUT2D eigenvalue weighted by Crippen LogP contribution is 2.19. The molecule has 5 nitrogen and oxygen atoms in total. The number of aryl methyl sites for hydroxylation is 2. The number of rotatable bonds is 8. The van der Waals surface area contributed by atoms with Crippen LogP contribution in [0.25, 0.3) is 11.4 Å². The number of halogens is 1. The number of nitrogens with zero attached hydrogens (tertiary/aromatic N) is 2. The zero-order valence-corrected chi connectivity index (χ0v) is 15.8. The van der Waals surface area contributed by atoms with Gasteiger partial charge in [-0.3, -0.25) is 4.79 Å². The zero-order valence-electron chi connectivity index (χ0n) is 14.9. The van der Waals surface area contributed by atoms with Crippen LogP contribution in [0.1, 0.15) is 17.9 Å². The molecular formula is C20H20FN3O2S. The molecule has 2 aromatic carbocycles. The van der Waals surface area contributed by atoms with Gasteiger partial charge in [-0.05, 0) is 30.7 Å². The molecule has 0 atom stereocenters. The van der Waals surface area contributed by atoms with Gasteiger partial charge >= 0.3 is 0 Å². The van der Waals surface area contributed by atoms with Crippen LogP contribution in [0.3, 0.4) is 0 Å². The zero-order chi connectivity index (χ0) is 19.1. The Morgan fingerprint density at radius 1 is 1.22 bits per heavy atom. The first-order chi connectivity index (χ1) is 13.1. The third kappa shape index (κ3) is 5.65. The van der Waals surface area contributed by atoms with Crippen LogP contribution >= 0.6 is 11.8 Å². The van der Waals surface area contributed by atoms with Crippen molar-refractivity contribution in [2.75, 3.05) is 12.3 Å². The minimum Gasteiger partial charge on any atom is -0.355 e. The summed E-state index contributed by atoms with van der Waals surface area (Å²) in [5.41, 5.74) is 1.11. The minimum absolute atomic E-state index is 0.0650. The SMILES string of the molecule is Cc1ccc(-c2noc(CCC(=O)NCCSc3ccccc3)n2)cc1F. The van der Waals surface area contributed by atoms with E-state index in [1.807, 2.05) is 30.3 Å². The fraction of sp³-hybridized carbons (Fsp3) is 0.250. The van der Waals surface area contributed by atoms with Crippen molar-refractivity contribution < 1.29 is 13.7 Å². The number of thioether (sulfide) groups is 1. The van der Waals surface area contributed by atoms with Crippen LogP contribution in [0.15, 0.2) is 57.9 Å². The van der Waals surface area contributed by atoms with E-state index in [1.54, 1.807) is 30.8 Å². The van der Waals surface area contributed by atoms with E-state index in [2.05, 4.69) is 15.5 Å². The predicted octanol–water partition coefficient (Wildman–Crippen LogP) is 4.03. The summed E-state index contributed by atoms with van der Waals surface area (Å²) in [6, 6.07) is 14.8. The molecule has 1 N–H and O–H groups in total. The average Bonchev–Trinajstić information content (AvgIpc) is 3.16. The molecule has 27 heavy (non-hydrogen) atoms. The molecule has 0 radical (unpaired) electrons. The normalized spacial score (nSPS) is 10.7. The fourth-order valence-corrected chi connectivity index (χ4v) is 3.18. The molecule has 7 heteroatoms. The van der Waals surface area contributed by atoms with Gasteiger partial charge < -0.3 is 9.84 Å². The third-order valence-corrected chi connectivity index (χ3v) is 4.91. The summed E-state index contributed by atoms with van der Waals surface area (Å²) < 4.78 is 18.8. The largest absolute Gasteiger partial charge is 0.355 e. The Morgan fingerprint density at radius 2 is 2.04 bits per heavy atom. The lowest BCUT2D eigenvalue weighted by molar-refractivity contribution is -0.121. The van der Waals surface area contributed by atoms with E-state index in [9.17, 15) is 9.18 Å². The number of nitrogens with one attached hydrogen (secondary N) is 1. The summed E-state index contributed by atoms with van der Waals surface area (Å²) in [6.45, 7) is 2.29. The minimum atomic E-state index is -0.313. The lowest BCUT2D eigenvalue weighted by Gasteiger charge is -2.04. The summed E-state index contributed by atoms with van der Waals surface area (Å²) in [5.74, 6) is 1.11. The van der Waals surface area contributed by atoms with Gasteiger partial charge in [0.05, 0.1) is 0 Å². The fourth-order valence-electron chi connectivity index (χ4n) is 2.39. The van der Waals surface area contributed by atoms with Crippen LogP contribution in [-0.2, 0) is 11.2 Å². The van der Waals surface area contributed by atoms with Crippen molar-refractivity contribution in [1.82, 2.24) is 15.5 Å². The summed E-state index contributed by atoms with van der Waals surface area (Å²) in [7, 11) is 0. The van der Waals surface area contributed by atoms with Crippen molar-refractivity contribution in [3.8, 4) is 11.4 Å². The lowest BCUT2D eigenvalue weighted by atomic mass is 10.1. The topological polar surface area (TPSA) is 68.0 Å². The Balaban J connectivity index is 1.41. The molecule has 1 aromatic heterocycles. The van der Waals surface area contributed by atoms with E-state index >= 15 is 0 Å². The predicted molar refractivity (Wildman–Crippen MR) is 103 cm³/mol. The van der Waals surface area contributed by atoms with E-state index < -0.39 is 0 Å². The van der Waals surface area contributed by atoms with E-state index in [0.29, 0.717) is 35.8 Å². The first-order valence-electron chi connectivity index (χ1n) is 8.65. The Morgan fingerprint density at radius 3 is 2.81 bits per heavy atom. The molecule has 0 saturated heterocycles. The molecule has 1 heterocycles. The molecule has 1 amide bonds. The summed E-state index contributed by atoms with van der Waals surface area (Å²) in [5, 5.41) is 6.73. The van der Waals surface area contributed by atoms with Crippen molar-refractivity contribution >= 4 is 17.7 Å². The Hall–Kier alpha value is -2.67. The molecule has 0 aliphatic heterocycles. The Kier molecular flexibility index (Phi) is 6.59. The number of carbonyl (C=O) groups excluding carboxylic acids is 1. The van der Waals surface area contributed by atoms with Gasteiger partial charge in [-0.25, -0.2) is 4.39 Å². The maximum absolute atomic E-state index is 13.6. The van der Waals surface area contributed by atoms with Crippen molar-refractivity contribution in [1.29, 1.82) is 0 Å². The number of amides is 1. The molecule has 0 aliphatic carbocycles. The van der Waals surface area contributed by atoms with Gasteiger partial charge in [0.1, 0.15) is 5.82 Å². The summed E-state index contributed by atoms with van der Waals surface area (Å²) >= 11 is 1.69. The van der Waals surface area contributed by atoms with Crippen LogP contribution in [0.4, 0.5) is 4.39 Å². The molecule has 0 aliphatic rings. The van der Waals surface area contributed by atoms with Crippen LogP contribution in [-0.4, -0.2) is 28.3 Å². The second-order valence-electron chi connectivity index (χ2n) is 5.99. The lowest BCUT2D eigenvalue weighted by Crippen LogP contribution is -2.25. The van der Waals surface area contributed by atoms with Gasteiger partial charge in [0, 0.05) is 35.6 Å². The maximum atomic E-state index is 13.6. The van der Waals surface area contributed by atoms with Crippen molar-refractivity contribution in [2.24, 2.45) is 0 Å². The monoisotopic (exact) mass is 385 g/mol. The van der Waals surface area contributed by atoms with Crippen LogP contribution in [0.2, 0.25) is 0 Å². The molecular weight excluding hydrogens is 365 g/mol. The van der Waals surface area contributed by atoms with E-state index in [4.69, 9.17) is 4.52 Å². The second-order valence-corrected chi connectivity index (χ2v) is 7.16. The van der Waals surface area contributed by atoms with Crippen molar-refractivity contribution in [3.05, 3.63) is 65.8 Å². The second kappa shape index (κ2) is 9.32. The average molecular weight is 385 g/mol. The number of aromatic nitrogens is 2. The summed E-state index contributed by atoms with van der Waals surface area (Å²) in [4.78, 5) is 17.3. The van der Waals surface area contributed by atoms with Gasteiger partial charge in [-0.15, -0.1) is 11.8 Å². The van der Waals surface area contributed by atoms with Gasteiger partial charge in [-0.1, -0.05) is 35.5 Å². The first-order valence-corrected chi connectivity index (χ1v) is 9.64. The van der Waals surface area contributed by atoms with Crippen molar-refractivity contribution in [3.63, 3.8) is 0 Å². The molecule has 0 saturated carbocycles. The Bertz CT molecular complexity index is 899. The molecule has 0 spiro atoms. The first kappa shape index (κ1) is 19.1. The standard InChI is InChI=1S/C20H20FN3O2S/c1-14-7-8-15(13-17(14)21)20-23-19(26-24-20)10-9-18(25)22-11-12-27-16-5-3-2-4-6-16/h2-8,13H,9-12H2,1H3,(H,22,25). The molecule has 3 aromatic rings. The van der Waals surface area contributed by atoms with Gasteiger partial charge in [-0.2, -0.15) is 4.98 Å². The van der Waals surface area contributed by atoms with E-state index in [-0.39, 0.29) is 18.1 Å². The van der Waals surface area contributed by atoms with Crippen LogP contribution in [0, 0.1) is 12.7 Å². The van der Waals surface area contributed by atoms with Crippen molar-refractivity contribution in [2.45, 2.75) is 24.7 Å². The Labute approximate surface area is 161 Å². The molecule has 140 valence electrons. The number of hydrogen-bond donors (Lipinski definition) is 1. The van der Waals surface area contributed by atoms with Crippen LogP contribution in [0.5, 0.6) is 0 Å². The highest BCUT2D eigenvalue weighted by molar-refractivity contribution is 7.99. The highest BCUT2D eigenvalue weighted by atomic mass is 32.2. The molecule has 0 unspecified atom stereocenters. The highest BCUT2D eigenvalue weighted by Gasteiger charge is 2.12.